The van der Waals surface area contributed by atoms with Crippen LogP contribution in [0.2, 0.25) is 0 Å². The first kappa shape index (κ1) is 21.1. The van der Waals surface area contributed by atoms with Gasteiger partial charge in [0.25, 0.3) is 5.91 Å². The lowest BCUT2D eigenvalue weighted by molar-refractivity contribution is -0.149. The highest BCUT2D eigenvalue weighted by Crippen LogP contribution is 2.27. The number of halogens is 1. The maximum Gasteiger partial charge on any atom is 0.344 e. The third-order valence-electron chi connectivity index (χ3n) is 4.14. The van der Waals surface area contributed by atoms with Crippen LogP contribution in [0.5, 0.6) is 0 Å². The quantitative estimate of drug-likeness (QED) is 0.463. The Balaban J connectivity index is 2.07. The molecule has 0 radical (unpaired) electrons. The lowest BCUT2D eigenvalue weighted by Gasteiger charge is -2.21. The molecule has 0 bridgehead atoms. The Morgan fingerprint density at radius 3 is 2.20 bits per heavy atom. The van der Waals surface area contributed by atoms with Gasteiger partial charge in [-0.1, -0.05) is 24.3 Å². The first-order valence-electron chi connectivity index (χ1n) is 9.27. The molecule has 0 atom stereocenters. The lowest BCUT2D eigenvalue weighted by atomic mass is 9.99. The van der Waals surface area contributed by atoms with Crippen molar-refractivity contribution < 1.29 is 23.8 Å². The van der Waals surface area contributed by atoms with Gasteiger partial charge < -0.3 is 9.84 Å². The van der Waals surface area contributed by atoms with Gasteiger partial charge in [0.2, 0.25) is 0 Å². The van der Waals surface area contributed by atoms with Crippen molar-refractivity contribution in [3.8, 4) is 0 Å². The molecule has 30 heavy (non-hydrogen) atoms. The molecule has 0 saturated carbocycles. The number of aliphatic hydroxyl groups excluding tert-OH is 1. The smallest absolute Gasteiger partial charge is 0.344 e. The van der Waals surface area contributed by atoms with Crippen molar-refractivity contribution in [2.24, 2.45) is 9.98 Å². The average molecular weight is 408 g/mol. The van der Waals surface area contributed by atoms with Crippen molar-refractivity contribution in [2.45, 2.75) is 33.3 Å². The second-order valence-corrected chi connectivity index (χ2v) is 7.72. The highest BCUT2D eigenvalue weighted by atomic mass is 19.1. The number of fused-ring (bicyclic) bond motifs is 1. The standard InChI is InChI=1S/C23H21FN2O4/c1-13(27)18(22(29)30-23(2,3)4)19-16-7-5-6-8-17(16)20(25-19)26-21(28)14-9-11-15(24)12-10-14/h5-12,27H,1-4H3. The normalized spacial score (nSPS) is 15.4. The zero-order valence-electron chi connectivity index (χ0n) is 17.1. The van der Waals surface area contributed by atoms with E-state index in [2.05, 4.69) is 9.98 Å². The van der Waals surface area contributed by atoms with Gasteiger partial charge in [-0.25, -0.2) is 14.2 Å². The van der Waals surface area contributed by atoms with Crippen molar-refractivity contribution in [3.05, 3.63) is 82.4 Å². The van der Waals surface area contributed by atoms with E-state index in [0.717, 1.165) is 0 Å². The summed E-state index contributed by atoms with van der Waals surface area (Å²) in [6.45, 7) is 6.51. The summed E-state index contributed by atoms with van der Waals surface area (Å²) in [6.07, 6.45) is 0. The maximum absolute atomic E-state index is 13.1. The van der Waals surface area contributed by atoms with E-state index in [9.17, 15) is 19.1 Å². The molecular formula is C23H21FN2O4. The molecule has 2 aromatic carbocycles. The second kappa shape index (κ2) is 8.02. The first-order chi connectivity index (χ1) is 14.1. The van der Waals surface area contributed by atoms with Crippen molar-refractivity contribution >= 4 is 23.4 Å². The number of aliphatic imine (C=N–C) groups is 2. The molecule has 1 N–H and O–H groups in total. The monoisotopic (exact) mass is 408 g/mol. The summed E-state index contributed by atoms with van der Waals surface area (Å²) >= 11 is 0. The molecule has 0 aromatic heterocycles. The summed E-state index contributed by atoms with van der Waals surface area (Å²) in [7, 11) is 0. The van der Waals surface area contributed by atoms with Crippen LogP contribution < -0.4 is 0 Å². The maximum atomic E-state index is 13.1. The number of nitrogens with zero attached hydrogens (tertiary/aromatic N) is 2. The van der Waals surface area contributed by atoms with Gasteiger partial charge in [-0.15, -0.1) is 0 Å². The minimum Gasteiger partial charge on any atom is -0.512 e. The number of ether oxygens (including phenoxy) is 1. The van der Waals surface area contributed by atoms with Crippen LogP contribution in [-0.2, 0) is 9.53 Å². The molecule has 0 saturated heterocycles. The van der Waals surface area contributed by atoms with E-state index in [1.54, 1.807) is 45.0 Å². The van der Waals surface area contributed by atoms with Crippen LogP contribution in [0.1, 0.15) is 49.2 Å². The van der Waals surface area contributed by atoms with Crippen molar-refractivity contribution in [1.82, 2.24) is 0 Å². The molecule has 1 heterocycles. The Hall–Kier alpha value is -3.61. The molecule has 2 aromatic rings. The highest BCUT2D eigenvalue weighted by Gasteiger charge is 2.32. The van der Waals surface area contributed by atoms with Crippen LogP contribution >= 0.6 is 0 Å². The van der Waals surface area contributed by atoms with E-state index in [4.69, 9.17) is 4.74 Å². The van der Waals surface area contributed by atoms with Crippen LogP contribution in [0, 0.1) is 5.82 Å². The van der Waals surface area contributed by atoms with Crippen molar-refractivity contribution in [2.75, 3.05) is 0 Å². The molecule has 0 fully saturated rings. The Kier molecular flexibility index (Phi) is 5.64. The van der Waals surface area contributed by atoms with Crippen LogP contribution in [0.15, 0.2) is 69.8 Å². The molecule has 154 valence electrons. The number of benzene rings is 2. The lowest BCUT2D eigenvalue weighted by Crippen LogP contribution is -2.28. The summed E-state index contributed by atoms with van der Waals surface area (Å²) in [5, 5.41) is 10.2. The SMILES string of the molecule is CC(O)=C(C(=O)OC(C)(C)C)C1=NC(=NC(=O)c2ccc(F)cc2)c2ccccc21. The van der Waals surface area contributed by atoms with Crippen LogP contribution in [0.4, 0.5) is 4.39 Å². The van der Waals surface area contributed by atoms with Crippen LogP contribution in [-0.4, -0.2) is 34.1 Å². The van der Waals surface area contributed by atoms with Gasteiger partial charge in [0.1, 0.15) is 22.8 Å². The molecule has 0 aliphatic carbocycles. The molecule has 0 spiro atoms. The Labute approximate surface area is 173 Å². The predicted molar refractivity (Wildman–Crippen MR) is 111 cm³/mol. The van der Waals surface area contributed by atoms with Gasteiger partial charge in [-0.2, -0.15) is 4.99 Å². The molecule has 6 nitrogen and oxygen atoms in total. The van der Waals surface area contributed by atoms with Gasteiger partial charge in [0.15, 0.2) is 5.84 Å². The minimum absolute atomic E-state index is 0.0947. The molecular weight excluding hydrogens is 387 g/mol. The van der Waals surface area contributed by atoms with Crippen molar-refractivity contribution in [1.29, 1.82) is 0 Å². The number of hydrogen-bond acceptors (Lipinski definition) is 4. The largest absolute Gasteiger partial charge is 0.512 e. The number of rotatable bonds is 3. The topological polar surface area (TPSA) is 88.3 Å². The second-order valence-electron chi connectivity index (χ2n) is 7.72. The minimum atomic E-state index is -0.772. The zero-order valence-corrected chi connectivity index (χ0v) is 17.1. The number of amidine groups is 1. The number of aliphatic hydroxyl groups is 1. The summed E-state index contributed by atoms with van der Waals surface area (Å²) < 4.78 is 18.5. The van der Waals surface area contributed by atoms with Gasteiger partial charge >= 0.3 is 5.97 Å². The number of allylic oxidation sites excluding steroid dienone is 1. The molecule has 1 aliphatic rings. The summed E-state index contributed by atoms with van der Waals surface area (Å²) in [5.74, 6) is -1.96. The Morgan fingerprint density at radius 1 is 1.03 bits per heavy atom. The number of amides is 1. The van der Waals surface area contributed by atoms with Gasteiger partial charge in [0, 0.05) is 16.7 Å². The van der Waals surface area contributed by atoms with Crippen molar-refractivity contribution in [3.63, 3.8) is 0 Å². The molecule has 7 heteroatoms. The molecule has 0 unspecified atom stereocenters. The van der Waals surface area contributed by atoms with E-state index in [-0.39, 0.29) is 28.4 Å². The fourth-order valence-corrected chi connectivity index (χ4v) is 2.88. The molecule has 1 aliphatic heterocycles. The van der Waals surface area contributed by atoms with Crippen LogP contribution in [0.3, 0.4) is 0 Å². The third kappa shape index (κ3) is 4.51. The molecule has 3 rings (SSSR count). The van der Waals surface area contributed by atoms with E-state index in [0.29, 0.717) is 11.1 Å². The fraction of sp³-hybridized carbons (Fsp3) is 0.217. The highest BCUT2D eigenvalue weighted by molar-refractivity contribution is 6.36. The van der Waals surface area contributed by atoms with Crippen LogP contribution in [0.25, 0.3) is 0 Å². The average Bonchev–Trinajstić information content (AvgIpc) is 2.99. The van der Waals surface area contributed by atoms with E-state index in [1.165, 1.54) is 31.2 Å². The fourth-order valence-electron chi connectivity index (χ4n) is 2.88. The number of esters is 1. The van der Waals surface area contributed by atoms with E-state index in [1.807, 2.05) is 0 Å². The summed E-state index contributed by atoms with van der Waals surface area (Å²) in [4.78, 5) is 33.7. The van der Waals surface area contributed by atoms with E-state index >= 15 is 0 Å². The zero-order chi connectivity index (χ0) is 22.1. The van der Waals surface area contributed by atoms with Gasteiger partial charge in [-0.3, -0.25) is 4.79 Å². The third-order valence-corrected chi connectivity index (χ3v) is 4.14. The van der Waals surface area contributed by atoms with Gasteiger partial charge in [0.05, 0.1) is 5.71 Å². The number of carbonyl (C=O) groups excluding carboxylic acids is 2. The molecule has 1 amide bonds. The Morgan fingerprint density at radius 2 is 1.63 bits per heavy atom. The van der Waals surface area contributed by atoms with Gasteiger partial charge in [-0.05, 0) is 52.0 Å². The Bertz CT molecular complexity index is 1100. The summed E-state index contributed by atoms with van der Waals surface area (Å²) in [5.41, 5.74) is 0.572. The van der Waals surface area contributed by atoms with E-state index < -0.39 is 23.3 Å². The number of hydrogen-bond donors (Lipinski definition) is 1. The first-order valence-corrected chi connectivity index (χ1v) is 9.27. The summed E-state index contributed by atoms with van der Waals surface area (Å²) in [6, 6.07) is 11.9. The number of carbonyl (C=O) groups is 2. The predicted octanol–water partition coefficient (Wildman–Crippen LogP) is 4.39.